The van der Waals surface area contributed by atoms with Crippen molar-refractivity contribution in [2.24, 2.45) is 0 Å². The van der Waals surface area contributed by atoms with Crippen LogP contribution in [0.15, 0.2) is 23.8 Å². The van der Waals surface area contributed by atoms with E-state index in [0.717, 1.165) is 6.54 Å². The molecule has 0 amide bonds. The molecule has 0 aromatic heterocycles. The summed E-state index contributed by atoms with van der Waals surface area (Å²) < 4.78 is 0. The highest BCUT2D eigenvalue weighted by atomic mass is 14.9. The van der Waals surface area contributed by atoms with Crippen LogP contribution in [-0.2, 0) is 0 Å². The molecule has 0 spiro atoms. The molecule has 0 aromatic carbocycles. The maximum Gasteiger partial charge on any atom is 0.0140 e. The fraction of sp³-hybridized carbons (Fsp3) is 0.636. The van der Waals surface area contributed by atoms with E-state index in [-0.39, 0.29) is 0 Å². The van der Waals surface area contributed by atoms with Crippen LogP contribution in [0.25, 0.3) is 0 Å². The van der Waals surface area contributed by atoms with Gasteiger partial charge in [-0.1, -0.05) is 23.8 Å². The summed E-state index contributed by atoms with van der Waals surface area (Å²) >= 11 is 0. The number of nitrogens with one attached hydrogen (secondary N) is 1. The van der Waals surface area contributed by atoms with Gasteiger partial charge in [0, 0.05) is 12.6 Å². The Morgan fingerprint density at radius 2 is 2.33 bits per heavy atom. The summed E-state index contributed by atoms with van der Waals surface area (Å²) in [5.41, 5.74) is 1.40. The lowest BCUT2D eigenvalue weighted by atomic mass is 10.0. The van der Waals surface area contributed by atoms with Crippen LogP contribution < -0.4 is 5.32 Å². The molecule has 68 valence electrons. The zero-order chi connectivity index (χ0) is 8.81. The van der Waals surface area contributed by atoms with Crippen molar-refractivity contribution in [1.82, 2.24) is 5.32 Å². The van der Waals surface area contributed by atoms with Crippen LogP contribution in [0.3, 0.4) is 0 Å². The van der Waals surface area contributed by atoms with E-state index in [4.69, 9.17) is 0 Å². The van der Waals surface area contributed by atoms with Gasteiger partial charge < -0.3 is 5.32 Å². The molecule has 0 radical (unpaired) electrons. The Morgan fingerprint density at radius 3 is 2.92 bits per heavy atom. The zero-order valence-corrected chi connectivity index (χ0v) is 8.14. The van der Waals surface area contributed by atoms with E-state index in [1.807, 2.05) is 0 Å². The third kappa shape index (κ3) is 3.72. The van der Waals surface area contributed by atoms with Crippen LogP contribution in [0.2, 0.25) is 0 Å². The number of hydrogen-bond donors (Lipinski definition) is 1. The van der Waals surface area contributed by atoms with E-state index >= 15 is 0 Å². The second kappa shape index (κ2) is 5.15. The van der Waals surface area contributed by atoms with Gasteiger partial charge in [0.25, 0.3) is 0 Å². The second-order valence-electron chi connectivity index (χ2n) is 3.67. The molecule has 1 nitrogen and oxygen atoms in total. The van der Waals surface area contributed by atoms with Gasteiger partial charge in [-0.3, -0.25) is 0 Å². The van der Waals surface area contributed by atoms with E-state index in [0.29, 0.717) is 6.04 Å². The summed E-state index contributed by atoms with van der Waals surface area (Å²) in [6.45, 7) is 5.31. The molecule has 0 aliphatic heterocycles. The minimum Gasteiger partial charge on any atom is -0.310 e. The van der Waals surface area contributed by atoms with Gasteiger partial charge in [0.1, 0.15) is 0 Å². The highest BCUT2D eigenvalue weighted by Crippen LogP contribution is 2.09. The second-order valence-corrected chi connectivity index (χ2v) is 3.67. The van der Waals surface area contributed by atoms with Crippen LogP contribution >= 0.6 is 0 Å². The Labute approximate surface area is 75.6 Å². The summed E-state index contributed by atoms with van der Waals surface area (Å²) in [4.78, 5) is 0. The molecule has 12 heavy (non-hydrogen) atoms. The van der Waals surface area contributed by atoms with Crippen molar-refractivity contribution in [2.45, 2.75) is 39.2 Å². The monoisotopic (exact) mass is 165 g/mol. The molecule has 1 unspecified atom stereocenters. The van der Waals surface area contributed by atoms with Crippen LogP contribution in [0.5, 0.6) is 0 Å². The van der Waals surface area contributed by atoms with E-state index in [1.165, 1.54) is 24.8 Å². The minimum atomic E-state index is 0.714. The number of rotatable bonds is 3. The zero-order valence-electron chi connectivity index (χ0n) is 8.14. The summed E-state index contributed by atoms with van der Waals surface area (Å²) in [7, 11) is 0. The van der Waals surface area contributed by atoms with E-state index in [9.17, 15) is 0 Å². The quantitative estimate of drug-likeness (QED) is 0.634. The molecule has 0 saturated heterocycles. The normalized spacial score (nSPS) is 22.3. The minimum absolute atomic E-state index is 0.714. The molecular formula is C11H19N. The van der Waals surface area contributed by atoms with Gasteiger partial charge in [-0.25, -0.2) is 0 Å². The van der Waals surface area contributed by atoms with Crippen molar-refractivity contribution in [2.75, 3.05) is 6.54 Å². The van der Waals surface area contributed by atoms with Gasteiger partial charge in [-0.2, -0.15) is 0 Å². The summed E-state index contributed by atoms with van der Waals surface area (Å²) in [6, 6.07) is 0.714. The first kappa shape index (κ1) is 9.53. The Hall–Kier alpha value is -0.560. The topological polar surface area (TPSA) is 12.0 Å². The summed E-state index contributed by atoms with van der Waals surface area (Å²) in [5.74, 6) is 0. The summed E-state index contributed by atoms with van der Waals surface area (Å²) in [6.07, 6.45) is 10.6. The largest absolute Gasteiger partial charge is 0.310 e. The Bertz CT molecular complexity index is 175. The van der Waals surface area contributed by atoms with Crippen molar-refractivity contribution in [3.63, 3.8) is 0 Å². The van der Waals surface area contributed by atoms with Crippen molar-refractivity contribution < 1.29 is 0 Å². The molecule has 1 rings (SSSR count). The van der Waals surface area contributed by atoms with Crippen LogP contribution in [0.1, 0.15) is 33.1 Å². The van der Waals surface area contributed by atoms with Crippen molar-refractivity contribution >= 4 is 0 Å². The Balaban J connectivity index is 2.15. The van der Waals surface area contributed by atoms with Crippen molar-refractivity contribution in [3.05, 3.63) is 23.8 Å². The van der Waals surface area contributed by atoms with Gasteiger partial charge in [-0.15, -0.1) is 0 Å². The highest BCUT2D eigenvalue weighted by Gasteiger charge is 2.06. The van der Waals surface area contributed by atoms with Crippen molar-refractivity contribution in [1.29, 1.82) is 0 Å². The van der Waals surface area contributed by atoms with Gasteiger partial charge in [0.15, 0.2) is 0 Å². The van der Waals surface area contributed by atoms with E-state index < -0.39 is 0 Å². The van der Waals surface area contributed by atoms with Gasteiger partial charge in [0.05, 0.1) is 0 Å². The van der Waals surface area contributed by atoms with Crippen LogP contribution in [0, 0.1) is 0 Å². The molecule has 1 aliphatic carbocycles. The molecule has 0 bridgehead atoms. The molecule has 0 saturated carbocycles. The number of allylic oxidation sites excluding steroid dienone is 2. The first-order valence-electron chi connectivity index (χ1n) is 4.81. The van der Waals surface area contributed by atoms with Crippen molar-refractivity contribution in [3.8, 4) is 0 Å². The maximum absolute atomic E-state index is 3.53. The molecule has 1 atom stereocenters. The lowest BCUT2D eigenvalue weighted by Crippen LogP contribution is -2.29. The third-order valence-electron chi connectivity index (χ3n) is 2.19. The molecule has 0 aromatic rings. The molecule has 0 heterocycles. The smallest absolute Gasteiger partial charge is 0.0140 e. The predicted molar refractivity (Wildman–Crippen MR) is 54.2 cm³/mol. The van der Waals surface area contributed by atoms with E-state index in [2.05, 4.69) is 37.4 Å². The predicted octanol–water partition coefficient (Wildman–Crippen LogP) is 2.65. The van der Waals surface area contributed by atoms with Crippen LogP contribution in [-0.4, -0.2) is 12.6 Å². The lowest BCUT2D eigenvalue weighted by molar-refractivity contribution is 0.498. The van der Waals surface area contributed by atoms with Gasteiger partial charge >= 0.3 is 0 Å². The van der Waals surface area contributed by atoms with Crippen LogP contribution in [0.4, 0.5) is 0 Å². The third-order valence-corrected chi connectivity index (χ3v) is 2.19. The average molecular weight is 165 g/mol. The highest BCUT2D eigenvalue weighted by molar-refractivity contribution is 4.97. The molecule has 1 heteroatoms. The maximum atomic E-state index is 3.53. The van der Waals surface area contributed by atoms with Gasteiger partial charge in [-0.05, 0) is 33.1 Å². The molecular weight excluding hydrogens is 146 g/mol. The van der Waals surface area contributed by atoms with E-state index in [1.54, 1.807) is 0 Å². The average Bonchev–Trinajstić information content (AvgIpc) is 2.05. The van der Waals surface area contributed by atoms with Gasteiger partial charge in [0.2, 0.25) is 0 Å². The number of hydrogen-bond acceptors (Lipinski definition) is 1. The standard InChI is InChI=1S/C11H19N/c1-10(2)8-9-12-11-6-4-3-5-7-11/h3-4,8,11-12H,5-7,9H2,1-2H3. The molecule has 0 fully saturated rings. The fourth-order valence-corrected chi connectivity index (χ4v) is 1.41. The molecule has 1 N–H and O–H groups in total. The first-order chi connectivity index (χ1) is 5.79. The first-order valence-corrected chi connectivity index (χ1v) is 4.81. The Kier molecular flexibility index (Phi) is 4.09. The Morgan fingerprint density at radius 1 is 1.50 bits per heavy atom. The molecule has 1 aliphatic rings. The lowest BCUT2D eigenvalue weighted by Gasteiger charge is -2.18. The fourth-order valence-electron chi connectivity index (χ4n) is 1.41. The SMILES string of the molecule is CC(C)=CCNC1CC=CCC1. The summed E-state index contributed by atoms with van der Waals surface area (Å²) in [5, 5.41) is 3.53.